The van der Waals surface area contributed by atoms with Crippen LogP contribution >= 0.6 is 11.3 Å². The first-order valence-electron chi connectivity index (χ1n) is 7.42. The number of carbonyl (C=O) groups is 2. The Hall–Kier alpha value is -2.32. The molecular weight excluding hydrogens is 333 g/mol. The van der Waals surface area contributed by atoms with Crippen LogP contribution in [0, 0.1) is 5.82 Å². The second kappa shape index (κ2) is 7.06. The molecule has 2 amide bonds. The topological polar surface area (TPSA) is 71.5 Å². The summed E-state index contributed by atoms with van der Waals surface area (Å²) in [5.41, 5.74) is 1.12. The standard InChI is InChI=1S/C16H16FN3O3S/c1-10(21)18-16-19-13(9-24-16)15(22)20-6-7-23-14(8-20)11-2-4-12(17)5-3-11/h2-5,9,14H,6-8H2,1H3,(H,18,19,21)/t14-/m1/s1. The Morgan fingerprint density at radius 2 is 2.12 bits per heavy atom. The van der Waals surface area contributed by atoms with Crippen LogP contribution in [0.25, 0.3) is 0 Å². The lowest BCUT2D eigenvalue weighted by Crippen LogP contribution is -2.42. The molecule has 0 radical (unpaired) electrons. The van der Waals surface area contributed by atoms with Crippen LogP contribution in [0.15, 0.2) is 29.6 Å². The van der Waals surface area contributed by atoms with E-state index in [0.29, 0.717) is 30.5 Å². The van der Waals surface area contributed by atoms with E-state index in [9.17, 15) is 14.0 Å². The average molecular weight is 349 g/mol. The second-order valence-corrected chi connectivity index (χ2v) is 6.24. The first kappa shape index (κ1) is 16.5. The fraction of sp³-hybridized carbons (Fsp3) is 0.312. The number of nitrogens with one attached hydrogen (secondary N) is 1. The summed E-state index contributed by atoms with van der Waals surface area (Å²) in [5, 5.41) is 4.58. The van der Waals surface area contributed by atoms with Gasteiger partial charge in [0.25, 0.3) is 5.91 Å². The summed E-state index contributed by atoms with van der Waals surface area (Å²) in [4.78, 5) is 29.4. The van der Waals surface area contributed by atoms with E-state index >= 15 is 0 Å². The molecule has 2 aromatic rings. The fourth-order valence-electron chi connectivity index (χ4n) is 2.45. The number of carbonyl (C=O) groups excluding carboxylic acids is 2. The maximum atomic E-state index is 13.0. The molecule has 0 saturated carbocycles. The van der Waals surface area contributed by atoms with Crippen LogP contribution in [0.1, 0.15) is 29.1 Å². The third kappa shape index (κ3) is 3.77. The number of amides is 2. The lowest BCUT2D eigenvalue weighted by Gasteiger charge is -2.32. The minimum atomic E-state index is -0.310. The molecule has 0 unspecified atom stereocenters. The monoisotopic (exact) mass is 349 g/mol. The van der Waals surface area contributed by atoms with E-state index < -0.39 is 0 Å². The molecule has 1 aliphatic rings. The maximum absolute atomic E-state index is 13.0. The van der Waals surface area contributed by atoms with Gasteiger partial charge >= 0.3 is 0 Å². The van der Waals surface area contributed by atoms with Crippen LogP contribution < -0.4 is 5.32 Å². The van der Waals surface area contributed by atoms with Gasteiger partial charge in [-0.05, 0) is 17.7 Å². The van der Waals surface area contributed by atoms with Crippen molar-refractivity contribution in [3.8, 4) is 0 Å². The molecule has 1 aromatic carbocycles. The van der Waals surface area contributed by atoms with Crippen molar-refractivity contribution < 1.29 is 18.7 Å². The van der Waals surface area contributed by atoms with Crippen LogP contribution in [0.2, 0.25) is 0 Å². The van der Waals surface area contributed by atoms with Gasteiger partial charge in [-0.2, -0.15) is 0 Å². The number of halogens is 1. The number of benzene rings is 1. The van der Waals surface area contributed by atoms with Crippen molar-refractivity contribution in [2.24, 2.45) is 0 Å². The average Bonchev–Trinajstić information content (AvgIpc) is 3.02. The van der Waals surface area contributed by atoms with Crippen molar-refractivity contribution in [2.75, 3.05) is 25.0 Å². The van der Waals surface area contributed by atoms with E-state index in [1.54, 1.807) is 22.4 Å². The highest BCUT2D eigenvalue weighted by Gasteiger charge is 2.27. The van der Waals surface area contributed by atoms with Crippen LogP contribution in [0.3, 0.4) is 0 Å². The van der Waals surface area contributed by atoms with Crippen molar-refractivity contribution in [2.45, 2.75) is 13.0 Å². The lowest BCUT2D eigenvalue weighted by atomic mass is 10.1. The van der Waals surface area contributed by atoms with Gasteiger partial charge in [0, 0.05) is 18.8 Å². The first-order chi connectivity index (χ1) is 11.5. The fourth-order valence-corrected chi connectivity index (χ4v) is 3.19. The van der Waals surface area contributed by atoms with Crippen LogP contribution in [0.4, 0.5) is 9.52 Å². The van der Waals surface area contributed by atoms with Crippen molar-refractivity contribution in [3.63, 3.8) is 0 Å². The summed E-state index contributed by atoms with van der Waals surface area (Å²) in [6.45, 7) is 2.62. The molecule has 0 bridgehead atoms. The quantitative estimate of drug-likeness (QED) is 0.924. The van der Waals surface area contributed by atoms with E-state index in [1.807, 2.05) is 0 Å². The highest BCUT2D eigenvalue weighted by Crippen LogP contribution is 2.24. The Morgan fingerprint density at radius 1 is 1.38 bits per heavy atom. The van der Waals surface area contributed by atoms with Gasteiger partial charge in [-0.1, -0.05) is 12.1 Å². The zero-order chi connectivity index (χ0) is 17.1. The summed E-state index contributed by atoms with van der Waals surface area (Å²) < 4.78 is 18.7. The van der Waals surface area contributed by atoms with Crippen LogP contribution in [-0.4, -0.2) is 41.4 Å². The first-order valence-corrected chi connectivity index (χ1v) is 8.30. The minimum Gasteiger partial charge on any atom is -0.370 e. The summed E-state index contributed by atoms with van der Waals surface area (Å²) in [5.74, 6) is -0.750. The van der Waals surface area contributed by atoms with Crippen molar-refractivity contribution in [3.05, 3.63) is 46.7 Å². The molecule has 8 heteroatoms. The van der Waals surface area contributed by atoms with Gasteiger partial charge in [-0.15, -0.1) is 11.3 Å². The Bertz CT molecular complexity index is 747. The molecule has 0 spiro atoms. The van der Waals surface area contributed by atoms with Gasteiger partial charge in [0.05, 0.1) is 13.2 Å². The predicted molar refractivity (Wildman–Crippen MR) is 87.4 cm³/mol. The van der Waals surface area contributed by atoms with Gasteiger partial charge in [-0.25, -0.2) is 9.37 Å². The number of ether oxygens (including phenoxy) is 1. The Morgan fingerprint density at radius 3 is 2.83 bits per heavy atom. The number of nitrogens with zero attached hydrogens (tertiary/aromatic N) is 2. The Balaban J connectivity index is 1.69. The number of rotatable bonds is 3. The summed E-state index contributed by atoms with van der Waals surface area (Å²) >= 11 is 1.21. The zero-order valence-corrected chi connectivity index (χ0v) is 13.8. The van der Waals surface area contributed by atoms with Gasteiger partial charge in [0.2, 0.25) is 5.91 Å². The van der Waals surface area contributed by atoms with Gasteiger partial charge in [0.15, 0.2) is 5.13 Å². The Labute approximate surface area is 142 Å². The SMILES string of the molecule is CC(=O)Nc1nc(C(=O)N2CCO[C@@H](c3ccc(F)cc3)C2)cs1. The molecule has 1 saturated heterocycles. The maximum Gasteiger partial charge on any atom is 0.273 e. The van der Waals surface area contributed by atoms with Crippen molar-refractivity contribution in [1.29, 1.82) is 0 Å². The lowest BCUT2D eigenvalue weighted by molar-refractivity contribution is -0.114. The largest absolute Gasteiger partial charge is 0.370 e. The Kier molecular flexibility index (Phi) is 4.86. The molecular formula is C16H16FN3O3S. The highest BCUT2D eigenvalue weighted by molar-refractivity contribution is 7.14. The second-order valence-electron chi connectivity index (χ2n) is 5.38. The molecule has 0 aliphatic carbocycles. The molecule has 1 aliphatic heterocycles. The minimum absolute atomic E-state index is 0.210. The van der Waals surface area contributed by atoms with Crippen molar-refractivity contribution >= 4 is 28.3 Å². The van der Waals surface area contributed by atoms with Gasteiger partial charge < -0.3 is 15.0 Å². The highest BCUT2D eigenvalue weighted by atomic mass is 32.1. The zero-order valence-electron chi connectivity index (χ0n) is 13.0. The molecule has 2 heterocycles. The number of anilines is 1. The summed E-state index contributed by atoms with van der Waals surface area (Å²) in [7, 11) is 0. The van der Waals surface area contributed by atoms with Crippen molar-refractivity contribution in [1.82, 2.24) is 9.88 Å². The van der Waals surface area contributed by atoms with Crippen LogP contribution in [0.5, 0.6) is 0 Å². The summed E-state index contributed by atoms with van der Waals surface area (Å²) in [6.07, 6.45) is -0.295. The predicted octanol–water partition coefficient (Wildman–Crippen LogP) is 2.45. The number of aromatic nitrogens is 1. The number of hydrogen-bond donors (Lipinski definition) is 1. The van der Waals surface area contributed by atoms with E-state index in [4.69, 9.17) is 4.74 Å². The summed E-state index contributed by atoms with van der Waals surface area (Å²) in [6, 6.07) is 6.07. The van der Waals surface area contributed by atoms with Crippen LogP contribution in [-0.2, 0) is 9.53 Å². The van der Waals surface area contributed by atoms with Gasteiger partial charge in [0.1, 0.15) is 17.6 Å². The van der Waals surface area contributed by atoms with E-state index in [2.05, 4.69) is 10.3 Å². The molecule has 126 valence electrons. The molecule has 1 aromatic heterocycles. The number of hydrogen-bond acceptors (Lipinski definition) is 5. The number of thiazole rings is 1. The van der Waals surface area contributed by atoms with E-state index in [1.165, 1.54) is 30.4 Å². The normalized spacial score (nSPS) is 17.6. The number of morpholine rings is 1. The molecule has 1 fully saturated rings. The third-order valence-corrected chi connectivity index (χ3v) is 4.36. The molecule has 1 atom stereocenters. The molecule has 24 heavy (non-hydrogen) atoms. The molecule has 6 nitrogen and oxygen atoms in total. The van der Waals surface area contributed by atoms with E-state index in [0.717, 1.165) is 5.56 Å². The van der Waals surface area contributed by atoms with E-state index in [-0.39, 0.29) is 23.7 Å². The smallest absolute Gasteiger partial charge is 0.273 e. The molecule has 1 N–H and O–H groups in total. The van der Waals surface area contributed by atoms with Gasteiger partial charge in [-0.3, -0.25) is 9.59 Å². The molecule has 3 rings (SSSR count). The third-order valence-electron chi connectivity index (χ3n) is 3.60.